The molecule has 1 fully saturated rings. The molecule has 1 aliphatic heterocycles. The Morgan fingerprint density at radius 3 is 2.65 bits per heavy atom. The maximum absolute atomic E-state index is 10.7. The summed E-state index contributed by atoms with van der Waals surface area (Å²) in [5, 5.41) is 9.83. The van der Waals surface area contributed by atoms with Gasteiger partial charge in [-0.2, -0.15) is 0 Å². The number of carbonyl (C=O) groups is 1. The van der Waals surface area contributed by atoms with E-state index in [9.17, 15) is 4.79 Å². The summed E-state index contributed by atoms with van der Waals surface area (Å²) in [4.78, 5) is 18.8. The lowest BCUT2D eigenvalue weighted by atomic mass is 10.2. The summed E-state index contributed by atoms with van der Waals surface area (Å²) in [6.07, 6.45) is 9.88. The van der Waals surface area contributed by atoms with Gasteiger partial charge in [-0.3, -0.25) is 0 Å². The molecule has 5 heteroatoms. The van der Waals surface area contributed by atoms with Crippen molar-refractivity contribution in [2.75, 3.05) is 18.0 Å². The van der Waals surface area contributed by atoms with Crippen molar-refractivity contribution in [3.63, 3.8) is 0 Å². The number of hydrogen-bond donors (Lipinski definition) is 1. The monoisotopic (exact) mass is 294 g/mol. The van der Waals surface area contributed by atoms with Crippen LogP contribution in [0.5, 0.6) is 0 Å². The number of aryl methyl sites for hydroxylation is 1. The van der Waals surface area contributed by atoms with Gasteiger partial charge in [-0.25, -0.2) is 9.78 Å². The maximum Gasteiger partial charge on any atom is 0.328 e. The molecule has 0 aliphatic carbocycles. The first kappa shape index (κ1) is 15.0. The van der Waals surface area contributed by atoms with E-state index in [4.69, 9.17) is 10.1 Å². The molecule has 20 heavy (non-hydrogen) atoms. The van der Waals surface area contributed by atoms with Crippen molar-refractivity contribution in [1.29, 1.82) is 0 Å². The molecule has 1 aromatic heterocycles. The number of rotatable bonds is 5. The van der Waals surface area contributed by atoms with Crippen LogP contribution in [0.2, 0.25) is 0 Å². The Balaban J connectivity index is 2.20. The van der Waals surface area contributed by atoms with Crippen LogP contribution in [0.4, 0.5) is 5.13 Å². The first-order valence-corrected chi connectivity index (χ1v) is 8.18. The topological polar surface area (TPSA) is 53.4 Å². The van der Waals surface area contributed by atoms with Gasteiger partial charge in [0.15, 0.2) is 5.13 Å². The van der Waals surface area contributed by atoms with E-state index in [0.29, 0.717) is 0 Å². The molecule has 1 aliphatic rings. The van der Waals surface area contributed by atoms with Gasteiger partial charge in [0.25, 0.3) is 0 Å². The highest BCUT2D eigenvalue weighted by atomic mass is 32.1. The zero-order chi connectivity index (χ0) is 14.4. The zero-order valence-corrected chi connectivity index (χ0v) is 12.8. The van der Waals surface area contributed by atoms with Gasteiger partial charge in [0.1, 0.15) is 0 Å². The fourth-order valence-electron chi connectivity index (χ4n) is 2.44. The minimum Gasteiger partial charge on any atom is -0.478 e. The Labute approximate surface area is 124 Å². The van der Waals surface area contributed by atoms with Crippen molar-refractivity contribution in [3.8, 4) is 0 Å². The van der Waals surface area contributed by atoms with Crippen LogP contribution in [0.25, 0.3) is 6.08 Å². The standard InChI is InChI=1S/C15H22N2O2S/c1-2-7-12-13(8-9-14(18)19)20-15(16-12)17-10-5-3-4-6-11-17/h8-9H,2-7,10-11H2,1H3,(H,18,19)/b9-8+. The number of aliphatic carboxylic acids is 1. The lowest BCUT2D eigenvalue weighted by molar-refractivity contribution is -0.131. The van der Waals surface area contributed by atoms with E-state index < -0.39 is 5.97 Å². The van der Waals surface area contributed by atoms with Crippen molar-refractivity contribution in [3.05, 3.63) is 16.6 Å². The minimum atomic E-state index is -0.905. The van der Waals surface area contributed by atoms with Gasteiger partial charge in [0.05, 0.1) is 10.6 Å². The SMILES string of the molecule is CCCc1nc(N2CCCCCC2)sc1/C=C/C(=O)O. The number of anilines is 1. The second-order valence-corrected chi connectivity index (χ2v) is 6.14. The van der Waals surface area contributed by atoms with Crippen molar-refractivity contribution in [2.45, 2.75) is 45.4 Å². The third-order valence-electron chi connectivity index (χ3n) is 3.46. The van der Waals surface area contributed by atoms with E-state index in [1.807, 2.05) is 0 Å². The molecule has 110 valence electrons. The first-order valence-electron chi connectivity index (χ1n) is 7.36. The van der Waals surface area contributed by atoms with Crippen LogP contribution >= 0.6 is 11.3 Å². The fraction of sp³-hybridized carbons (Fsp3) is 0.600. The molecule has 0 amide bonds. The van der Waals surface area contributed by atoms with Crippen LogP contribution in [0, 0.1) is 0 Å². The van der Waals surface area contributed by atoms with Gasteiger partial charge in [0, 0.05) is 19.2 Å². The molecule has 2 rings (SSSR count). The molecule has 1 saturated heterocycles. The van der Waals surface area contributed by atoms with Gasteiger partial charge < -0.3 is 10.0 Å². The molecule has 0 spiro atoms. The molecule has 0 saturated carbocycles. The molecule has 1 N–H and O–H groups in total. The summed E-state index contributed by atoms with van der Waals surface area (Å²) in [5.74, 6) is -0.905. The quantitative estimate of drug-likeness (QED) is 0.843. The number of aromatic nitrogens is 1. The molecule has 1 aromatic rings. The number of thiazole rings is 1. The Hall–Kier alpha value is -1.36. The molecule has 4 nitrogen and oxygen atoms in total. The highest BCUT2D eigenvalue weighted by Gasteiger charge is 2.16. The van der Waals surface area contributed by atoms with Gasteiger partial charge in [-0.05, 0) is 25.3 Å². The number of carboxylic acids is 1. The Morgan fingerprint density at radius 1 is 1.35 bits per heavy atom. The van der Waals surface area contributed by atoms with E-state index in [-0.39, 0.29) is 0 Å². The molecule has 0 bridgehead atoms. The Kier molecular flexibility index (Phi) is 5.59. The summed E-state index contributed by atoms with van der Waals surface area (Å²) < 4.78 is 0. The second-order valence-electron chi connectivity index (χ2n) is 5.13. The number of hydrogen-bond acceptors (Lipinski definition) is 4. The number of carboxylic acid groups (broad SMARTS) is 1. The van der Waals surface area contributed by atoms with E-state index in [2.05, 4.69) is 11.8 Å². The van der Waals surface area contributed by atoms with Crippen molar-refractivity contribution in [1.82, 2.24) is 4.98 Å². The summed E-state index contributed by atoms with van der Waals surface area (Å²) in [7, 11) is 0. The number of nitrogens with zero attached hydrogens (tertiary/aromatic N) is 2. The summed E-state index contributed by atoms with van der Waals surface area (Å²) in [6, 6.07) is 0. The second kappa shape index (κ2) is 7.43. The molecule has 0 unspecified atom stereocenters. The molecular weight excluding hydrogens is 272 g/mol. The Bertz CT molecular complexity index is 474. The summed E-state index contributed by atoms with van der Waals surface area (Å²) in [6.45, 7) is 4.26. The Morgan fingerprint density at radius 2 is 2.05 bits per heavy atom. The lowest BCUT2D eigenvalue weighted by Gasteiger charge is -2.18. The molecule has 0 radical (unpaired) electrons. The van der Waals surface area contributed by atoms with Gasteiger partial charge >= 0.3 is 5.97 Å². The van der Waals surface area contributed by atoms with E-state index >= 15 is 0 Å². The average Bonchev–Trinajstić information content (AvgIpc) is 2.64. The van der Waals surface area contributed by atoms with E-state index in [1.165, 1.54) is 31.8 Å². The van der Waals surface area contributed by atoms with Gasteiger partial charge in [0.2, 0.25) is 0 Å². The van der Waals surface area contributed by atoms with Crippen molar-refractivity contribution < 1.29 is 9.90 Å². The largest absolute Gasteiger partial charge is 0.478 e. The van der Waals surface area contributed by atoms with Crippen LogP contribution in [0.15, 0.2) is 6.08 Å². The summed E-state index contributed by atoms with van der Waals surface area (Å²) >= 11 is 1.62. The van der Waals surface area contributed by atoms with Crippen LogP contribution in [-0.2, 0) is 11.2 Å². The van der Waals surface area contributed by atoms with Crippen LogP contribution in [0.3, 0.4) is 0 Å². The van der Waals surface area contributed by atoms with Crippen molar-refractivity contribution >= 4 is 28.5 Å². The molecule has 0 aromatic carbocycles. The minimum absolute atomic E-state index is 0.905. The lowest BCUT2D eigenvalue weighted by Crippen LogP contribution is -2.23. The predicted octanol–water partition coefficient (Wildman–Crippen LogP) is 3.57. The third kappa shape index (κ3) is 4.07. The van der Waals surface area contributed by atoms with Crippen LogP contribution in [-0.4, -0.2) is 29.1 Å². The molecular formula is C15H22N2O2S. The van der Waals surface area contributed by atoms with Crippen LogP contribution < -0.4 is 4.90 Å². The average molecular weight is 294 g/mol. The summed E-state index contributed by atoms with van der Waals surface area (Å²) in [5.41, 5.74) is 1.04. The smallest absolute Gasteiger partial charge is 0.328 e. The van der Waals surface area contributed by atoms with Crippen LogP contribution in [0.1, 0.15) is 49.6 Å². The third-order valence-corrected chi connectivity index (χ3v) is 4.58. The fourth-order valence-corrected chi connectivity index (χ4v) is 3.51. The van der Waals surface area contributed by atoms with E-state index in [0.717, 1.165) is 41.6 Å². The molecule has 0 atom stereocenters. The van der Waals surface area contributed by atoms with Gasteiger partial charge in [-0.1, -0.05) is 37.5 Å². The maximum atomic E-state index is 10.7. The van der Waals surface area contributed by atoms with Crippen molar-refractivity contribution in [2.24, 2.45) is 0 Å². The zero-order valence-electron chi connectivity index (χ0n) is 12.0. The van der Waals surface area contributed by atoms with Gasteiger partial charge in [-0.15, -0.1) is 0 Å². The highest BCUT2D eigenvalue weighted by molar-refractivity contribution is 7.16. The predicted molar refractivity (Wildman–Crippen MR) is 83.5 cm³/mol. The van der Waals surface area contributed by atoms with E-state index in [1.54, 1.807) is 17.4 Å². The molecule has 2 heterocycles. The normalized spacial score (nSPS) is 16.6. The first-order chi connectivity index (χ1) is 9.70. The highest BCUT2D eigenvalue weighted by Crippen LogP contribution is 2.30.